The van der Waals surface area contributed by atoms with Gasteiger partial charge in [0.1, 0.15) is 0 Å². The number of hydrogen-bond acceptors (Lipinski definition) is 2. The van der Waals surface area contributed by atoms with Gasteiger partial charge in [-0.3, -0.25) is 4.79 Å². The molecule has 0 radical (unpaired) electrons. The minimum absolute atomic E-state index is 0.368. The Hall–Kier alpha value is -0.830. The monoisotopic (exact) mass is 279 g/mol. The van der Waals surface area contributed by atoms with E-state index in [0.29, 0.717) is 23.7 Å². The highest BCUT2D eigenvalue weighted by Crippen LogP contribution is 2.45. The molecule has 2 aliphatic rings. The molecule has 1 N–H and O–H groups in total. The molecule has 3 nitrogen and oxygen atoms in total. The molecule has 1 unspecified atom stereocenters. The number of carbonyl (C=O) groups is 1. The molecule has 0 aromatic carbocycles. The van der Waals surface area contributed by atoms with E-state index in [1.165, 1.54) is 38.8 Å². The Morgan fingerprint density at radius 1 is 1.45 bits per heavy atom. The Labute approximate surface area is 123 Å². The van der Waals surface area contributed by atoms with E-state index in [-0.39, 0.29) is 0 Å². The van der Waals surface area contributed by atoms with Crippen LogP contribution in [0.3, 0.4) is 0 Å². The predicted molar refractivity (Wildman–Crippen MR) is 81.7 cm³/mol. The van der Waals surface area contributed by atoms with Gasteiger partial charge in [-0.05, 0) is 62.3 Å². The molecule has 20 heavy (non-hydrogen) atoms. The molecule has 1 aliphatic carbocycles. The quantitative estimate of drug-likeness (QED) is 0.782. The maximum Gasteiger partial charge on any atom is 0.303 e. The molecular weight excluding hydrogens is 250 g/mol. The lowest BCUT2D eigenvalue weighted by Crippen LogP contribution is -2.46. The third kappa shape index (κ3) is 4.08. The van der Waals surface area contributed by atoms with Gasteiger partial charge in [0, 0.05) is 19.5 Å². The van der Waals surface area contributed by atoms with Crippen molar-refractivity contribution in [3.8, 4) is 0 Å². The second kappa shape index (κ2) is 6.75. The van der Waals surface area contributed by atoms with Gasteiger partial charge in [-0.15, -0.1) is 6.58 Å². The molecule has 1 heterocycles. The fraction of sp³-hybridized carbons (Fsp3) is 0.824. The Morgan fingerprint density at radius 3 is 2.75 bits per heavy atom. The number of nitrogens with zero attached hydrogens (tertiary/aromatic N) is 1. The summed E-state index contributed by atoms with van der Waals surface area (Å²) < 4.78 is 0. The normalized spacial score (nSPS) is 33.0. The molecular formula is C17H29NO2. The average molecular weight is 279 g/mol. The van der Waals surface area contributed by atoms with Crippen molar-refractivity contribution in [1.82, 2.24) is 4.90 Å². The summed E-state index contributed by atoms with van der Waals surface area (Å²) in [5.74, 6) is 0.352. The number of carboxylic acid groups (broad SMARTS) is 1. The Kier molecular flexibility index (Phi) is 5.25. The average Bonchev–Trinajstić information content (AvgIpc) is 2.41. The van der Waals surface area contributed by atoms with Crippen LogP contribution >= 0.6 is 0 Å². The van der Waals surface area contributed by atoms with Crippen molar-refractivity contribution < 1.29 is 9.90 Å². The highest BCUT2D eigenvalue weighted by molar-refractivity contribution is 5.67. The molecule has 114 valence electrons. The number of aliphatic carboxylic acids is 1. The summed E-state index contributed by atoms with van der Waals surface area (Å²) >= 11 is 0. The molecule has 0 aromatic rings. The van der Waals surface area contributed by atoms with Gasteiger partial charge in [0.15, 0.2) is 0 Å². The van der Waals surface area contributed by atoms with Crippen molar-refractivity contribution in [2.45, 2.75) is 51.9 Å². The molecule has 1 saturated heterocycles. The van der Waals surface area contributed by atoms with Gasteiger partial charge in [0.2, 0.25) is 0 Å². The van der Waals surface area contributed by atoms with Crippen molar-refractivity contribution in [3.63, 3.8) is 0 Å². The molecule has 0 aromatic heterocycles. The Balaban J connectivity index is 1.85. The molecule has 2 fully saturated rings. The molecule has 1 aliphatic heterocycles. The maximum atomic E-state index is 10.8. The van der Waals surface area contributed by atoms with Crippen LogP contribution in [0.2, 0.25) is 0 Å². The van der Waals surface area contributed by atoms with E-state index in [0.717, 1.165) is 19.4 Å². The molecule has 1 spiro atoms. The number of carboxylic acids is 1. The lowest BCUT2D eigenvalue weighted by molar-refractivity contribution is -0.138. The van der Waals surface area contributed by atoms with E-state index in [1.54, 1.807) is 0 Å². The van der Waals surface area contributed by atoms with Crippen molar-refractivity contribution in [3.05, 3.63) is 12.7 Å². The summed E-state index contributed by atoms with van der Waals surface area (Å²) in [7, 11) is 0. The van der Waals surface area contributed by atoms with Crippen LogP contribution in [0.15, 0.2) is 12.7 Å². The van der Waals surface area contributed by atoms with E-state index >= 15 is 0 Å². The summed E-state index contributed by atoms with van der Waals surface area (Å²) in [6.45, 7) is 9.68. The van der Waals surface area contributed by atoms with Crippen molar-refractivity contribution in [2.24, 2.45) is 17.3 Å². The highest BCUT2D eigenvalue weighted by Gasteiger charge is 2.39. The highest BCUT2D eigenvalue weighted by atomic mass is 16.4. The first-order valence-electron chi connectivity index (χ1n) is 8.10. The van der Waals surface area contributed by atoms with Gasteiger partial charge in [-0.1, -0.05) is 13.0 Å². The van der Waals surface area contributed by atoms with Gasteiger partial charge >= 0.3 is 5.97 Å². The standard InChI is InChI=1S/C17H29NO2/c1-3-14(2)12-18-10-4-7-17(13-18)8-5-15(6-9-17)11-16(19)20/h3,14-15H,1,4-13H2,2H3,(H,19,20). The van der Waals surface area contributed by atoms with Crippen molar-refractivity contribution in [2.75, 3.05) is 19.6 Å². The van der Waals surface area contributed by atoms with Crippen LogP contribution in [0.1, 0.15) is 51.9 Å². The largest absolute Gasteiger partial charge is 0.481 e. The minimum atomic E-state index is -0.629. The number of hydrogen-bond donors (Lipinski definition) is 1. The number of piperidine rings is 1. The molecule has 0 amide bonds. The summed E-state index contributed by atoms with van der Waals surface area (Å²) in [6.07, 6.45) is 9.72. The van der Waals surface area contributed by atoms with Gasteiger partial charge < -0.3 is 10.0 Å². The first-order chi connectivity index (χ1) is 9.53. The zero-order valence-electron chi connectivity index (χ0n) is 12.8. The summed E-state index contributed by atoms with van der Waals surface area (Å²) in [6, 6.07) is 0. The van der Waals surface area contributed by atoms with E-state index in [4.69, 9.17) is 5.11 Å². The molecule has 2 rings (SSSR count). The van der Waals surface area contributed by atoms with Crippen LogP contribution in [0, 0.1) is 17.3 Å². The number of likely N-dealkylation sites (tertiary alicyclic amines) is 1. The SMILES string of the molecule is C=CC(C)CN1CCCC2(CCC(CC(=O)O)CC2)C1. The van der Waals surface area contributed by atoms with E-state index in [9.17, 15) is 4.79 Å². The first-order valence-corrected chi connectivity index (χ1v) is 8.10. The lowest BCUT2D eigenvalue weighted by Gasteiger charge is -2.47. The maximum absolute atomic E-state index is 10.8. The van der Waals surface area contributed by atoms with E-state index in [2.05, 4.69) is 18.4 Å². The van der Waals surface area contributed by atoms with Crippen LogP contribution in [-0.2, 0) is 4.79 Å². The zero-order chi connectivity index (χ0) is 14.6. The summed E-state index contributed by atoms with van der Waals surface area (Å²) in [5.41, 5.74) is 0.480. The summed E-state index contributed by atoms with van der Waals surface area (Å²) in [5, 5.41) is 8.92. The first kappa shape index (κ1) is 15.6. The van der Waals surface area contributed by atoms with Gasteiger partial charge in [0.25, 0.3) is 0 Å². The third-order valence-electron chi connectivity index (χ3n) is 5.32. The molecule has 0 bridgehead atoms. The number of rotatable bonds is 5. The molecule has 3 heteroatoms. The molecule has 1 saturated carbocycles. The van der Waals surface area contributed by atoms with Gasteiger partial charge in [-0.2, -0.15) is 0 Å². The summed E-state index contributed by atoms with van der Waals surface area (Å²) in [4.78, 5) is 13.4. The van der Waals surface area contributed by atoms with Crippen LogP contribution < -0.4 is 0 Å². The Morgan fingerprint density at radius 2 is 2.15 bits per heavy atom. The second-order valence-electron chi connectivity index (χ2n) is 7.09. The Bertz CT molecular complexity index is 345. The zero-order valence-corrected chi connectivity index (χ0v) is 12.8. The third-order valence-corrected chi connectivity index (χ3v) is 5.32. The van der Waals surface area contributed by atoms with E-state index < -0.39 is 5.97 Å². The van der Waals surface area contributed by atoms with Crippen molar-refractivity contribution in [1.29, 1.82) is 0 Å². The van der Waals surface area contributed by atoms with E-state index in [1.807, 2.05) is 6.08 Å². The fourth-order valence-electron chi connectivity index (χ4n) is 4.10. The van der Waals surface area contributed by atoms with Crippen LogP contribution in [0.5, 0.6) is 0 Å². The van der Waals surface area contributed by atoms with Crippen molar-refractivity contribution >= 4 is 5.97 Å². The smallest absolute Gasteiger partial charge is 0.303 e. The van der Waals surface area contributed by atoms with Crippen LogP contribution in [0.25, 0.3) is 0 Å². The predicted octanol–water partition coefficient (Wildman–Crippen LogP) is 3.56. The van der Waals surface area contributed by atoms with Crippen LogP contribution in [-0.4, -0.2) is 35.6 Å². The van der Waals surface area contributed by atoms with Gasteiger partial charge in [-0.25, -0.2) is 0 Å². The minimum Gasteiger partial charge on any atom is -0.481 e. The van der Waals surface area contributed by atoms with Crippen LogP contribution in [0.4, 0.5) is 0 Å². The fourth-order valence-corrected chi connectivity index (χ4v) is 4.10. The molecule has 1 atom stereocenters. The van der Waals surface area contributed by atoms with Gasteiger partial charge in [0.05, 0.1) is 0 Å². The second-order valence-corrected chi connectivity index (χ2v) is 7.09. The topological polar surface area (TPSA) is 40.5 Å². The lowest BCUT2D eigenvalue weighted by atomic mass is 9.66.